The van der Waals surface area contributed by atoms with Crippen LogP contribution >= 0.6 is 23.2 Å². The van der Waals surface area contributed by atoms with Crippen molar-refractivity contribution in [2.75, 3.05) is 4.90 Å². The minimum Gasteiger partial charge on any atom is -0.274 e. The zero-order valence-corrected chi connectivity index (χ0v) is 17.9. The number of non-ortho nitro benzene ring substituents is 1. The van der Waals surface area contributed by atoms with Gasteiger partial charge in [-0.1, -0.05) is 48.5 Å². The van der Waals surface area contributed by atoms with E-state index in [1.54, 1.807) is 0 Å². The van der Waals surface area contributed by atoms with E-state index in [9.17, 15) is 19.7 Å². The number of halogens is 2. The number of carbonyl (C=O) groups excluding carboxylic acids is 2. The van der Waals surface area contributed by atoms with Gasteiger partial charge >= 0.3 is 0 Å². The van der Waals surface area contributed by atoms with Crippen molar-refractivity contribution in [3.05, 3.63) is 105 Å². The van der Waals surface area contributed by atoms with Crippen LogP contribution < -0.4 is 4.90 Å². The molecule has 3 aromatic rings. The quantitative estimate of drug-likeness (QED) is 0.238. The fraction of sp³-hybridized carbons (Fsp3) is 0.167. The maximum absolute atomic E-state index is 13.8. The number of rotatable bonds is 2. The third-order valence-electron chi connectivity index (χ3n) is 6.90. The zero-order chi connectivity index (χ0) is 22.4. The van der Waals surface area contributed by atoms with E-state index in [2.05, 4.69) is 0 Å². The number of anilines is 1. The number of benzene rings is 3. The van der Waals surface area contributed by atoms with Gasteiger partial charge in [-0.3, -0.25) is 19.7 Å². The molecule has 32 heavy (non-hydrogen) atoms. The number of hydrogen-bond donors (Lipinski definition) is 0. The number of alkyl halides is 2. The Hall–Kier alpha value is -3.22. The average molecular weight is 465 g/mol. The van der Waals surface area contributed by atoms with Crippen molar-refractivity contribution < 1.29 is 14.5 Å². The Bertz CT molecular complexity index is 1230. The molecule has 8 heteroatoms. The Kier molecular flexibility index (Phi) is 3.76. The second-order valence-electron chi connectivity index (χ2n) is 8.26. The van der Waals surface area contributed by atoms with E-state index in [-0.39, 0.29) is 11.4 Å². The minimum absolute atomic E-state index is 0.132. The van der Waals surface area contributed by atoms with E-state index in [4.69, 9.17) is 23.2 Å². The predicted octanol–water partition coefficient (Wildman–Crippen LogP) is 4.69. The van der Waals surface area contributed by atoms with Crippen LogP contribution in [0.15, 0.2) is 72.8 Å². The van der Waals surface area contributed by atoms with E-state index >= 15 is 0 Å². The van der Waals surface area contributed by atoms with Gasteiger partial charge in [-0.25, -0.2) is 4.90 Å². The van der Waals surface area contributed by atoms with E-state index in [0.717, 1.165) is 27.2 Å². The van der Waals surface area contributed by atoms with Crippen molar-refractivity contribution in [1.82, 2.24) is 0 Å². The number of hydrogen-bond acceptors (Lipinski definition) is 4. The first-order valence-corrected chi connectivity index (χ1v) is 10.8. The Morgan fingerprint density at radius 3 is 1.44 bits per heavy atom. The summed E-state index contributed by atoms with van der Waals surface area (Å²) in [5.74, 6) is -2.74. The third-order valence-corrected chi connectivity index (χ3v) is 8.19. The summed E-state index contributed by atoms with van der Waals surface area (Å²) in [7, 11) is 0. The summed E-state index contributed by atoms with van der Waals surface area (Å²) in [6.07, 6.45) is 0. The first kappa shape index (κ1) is 19.5. The summed E-state index contributed by atoms with van der Waals surface area (Å²) in [6, 6.07) is 20.1. The maximum Gasteiger partial charge on any atom is 0.269 e. The normalized spacial score (nSPS) is 29.5. The topological polar surface area (TPSA) is 80.5 Å². The van der Waals surface area contributed by atoms with E-state index in [1.807, 2.05) is 48.5 Å². The van der Waals surface area contributed by atoms with E-state index in [0.29, 0.717) is 0 Å². The van der Waals surface area contributed by atoms with Crippen LogP contribution in [0.25, 0.3) is 0 Å². The standard InChI is InChI=1S/C24H14Cl2N2O4/c25-23-15-5-1-2-6-16(15)24(26,18-8-4-3-7-17(18)23)20-19(23)21(29)27(22(20)30)13-9-11-14(12-10-13)28(31)32/h1-12,19-20H/t19-,20-,23?,24?/m1/s1. The molecule has 1 saturated heterocycles. The van der Waals surface area contributed by atoms with Crippen LogP contribution in [0.4, 0.5) is 11.4 Å². The van der Waals surface area contributed by atoms with Gasteiger partial charge in [0.15, 0.2) is 0 Å². The molecule has 0 saturated carbocycles. The molecule has 2 atom stereocenters. The van der Waals surface area contributed by atoms with Gasteiger partial charge in [0.1, 0.15) is 9.75 Å². The number of amides is 2. The molecule has 4 aliphatic rings. The van der Waals surface area contributed by atoms with Gasteiger partial charge in [-0.15, -0.1) is 23.2 Å². The number of nitrogens with zero attached hydrogens (tertiary/aromatic N) is 2. The van der Waals surface area contributed by atoms with Crippen LogP contribution in [0.1, 0.15) is 22.3 Å². The Morgan fingerprint density at radius 2 is 1.09 bits per heavy atom. The second-order valence-corrected chi connectivity index (χ2v) is 9.45. The van der Waals surface area contributed by atoms with E-state index in [1.165, 1.54) is 24.3 Å². The van der Waals surface area contributed by atoms with Gasteiger partial charge in [0, 0.05) is 12.1 Å². The van der Waals surface area contributed by atoms with E-state index < -0.39 is 38.3 Å². The first-order valence-electron chi connectivity index (χ1n) is 10.0. The molecule has 1 heterocycles. The maximum atomic E-state index is 13.8. The highest BCUT2D eigenvalue weighted by Crippen LogP contribution is 2.69. The largest absolute Gasteiger partial charge is 0.274 e. The molecule has 7 rings (SSSR count). The van der Waals surface area contributed by atoms with Gasteiger partial charge in [-0.2, -0.15) is 0 Å². The molecule has 2 bridgehead atoms. The monoisotopic (exact) mass is 464 g/mol. The van der Waals surface area contributed by atoms with Gasteiger partial charge in [0.25, 0.3) is 5.69 Å². The van der Waals surface area contributed by atoms with Crippen LogP contribution in [0.5, 0.6) is 0 Å². The molecule has 1 aliphatic heterocycles. The van der Waals surface area contributed by atoms with Crippen molar-refractivity contribution in [2.45, 2.75) is 9.75 Å². The molecule has 3 aromatic carbocycles. The van der Waals surface area contributed by atoms with Crippen molar-refractivity contribution in [3.63, 3.8) is 0 Å². The fourth-order valence-corrected chi connectivity index (χ4v) is 6.74. The predicted molar refractivity (Wildman–Crippen MR) is 119 cm³/mol. The Morgan fingerprint density at radius 1 is 0.719 bits per heavy atom. The smallest absolute Gasteiger partial charge is 0.269 e. The number of imide groups is 1. The molecule has 1 fully saturated rings. The molecule has 2 amide bonds. The van der Waals surface area contributed by atoms with Crippen LogP contribution in [0.3, 0.4) is 0 Å². The number of nitro groups is 1. The lowest BCUT2D eigenvalue weighted by Crippen LogP contribution is -2.57. The summed E-state index contributed by atoms with van der Waals surface area (Å²) in [6.45, 7) is 0. The summed E-state index contributed by atoms with van der Waals surface area (Å²) in [5.41, 5.74) is 3.03. The second kappa shape index (κ2) is 6.18. The number of carbonyl (C=O) groups is 2. The molecule has 0 spiro atoms. The number of nitro benzene ring substituents is 1. The molecule has 158 valence electrons. The average Bonchev–Trinajstić information content (AvgIpc) is 3.08. The molecular weight excluding hydrogens is 451 g/mol. The van der Waals surface area contributed by atoms with Crippen molar-refractivity contribution in [1.29, 1.82) is 0 Å². The zero-order valence-electron chi connectivity index (χ0n) is 16.4. The lowest BCUT2D eigenvalue weighted by atomic mass is 9.54. The summed E-state index contributed by atoms with van der Waals surface area (Å²) < 4.78 is 0. The Labute approximate surface area is 192 Å². The Balaban J connectivity index is 1.60. The first-order chi connectivity index (χ1) is 15.3. The molecule has 0 N–H and O–H groups in total. The van der Waals surface area contributed by atoms with Crippen LogP contribution in [0.2, 0.25) is 0 Å². The highest BCUT2D eigenvalue weighted by atomic mass is 35.5. The lowest BCUT2D eigenvalue weighted by Gasteiger charge is -2.54. The SMILES string of the molecule is O=C1[C@H]2[C@H](C(=O)N1c1ccc([N+](=O)[O-])cc1)C1(Cl)c3ccccc3C2(Cl)c2ccccc21. The van der Waals surface area contributed by atoms with Crippen molar-refractivity contribution in [3.8, 4) is 0 Å². The lowest BCUT2D eigenvalue weighted by molar-refractivity contribution is -0.384. The molecule has 0 radical (unpaired) electrons. The molecule has 3 aliphatic carbocycles. The summed E-state index contributed by atoms with van der Waals surface area (Å²) >= 11 is 14.7. The van der Waals surface area contributed by atoms with Crippen molar-refractivity contribution in [2.24, 2.45) is 11.8 Å². The highest BCUT2D eigenvalue weighted by molar-refractivity contribution is 6.38. The van der Waals surface area contributed by atoms with Crippen LogP contribution in [-0.4, -0.2) is 16.7 Å². The molecule has 0 aromatic heterocycles. The van der Waals surface area contributed by atoms with Gasteiger partial charge < -0.3 is 0 Å². The van der Waals surface area contributed by atoms with Gasteiger partial charge in [0.2, 0.25) is 11.8 Å². The van der Waals surface area contributed by atoms with Crippen molar-refractivity contribution >= 4 is 46.4 Å². The molecule has 0 unspecified atom stereocenters. The minimum atomic E-state index is -1.25. The van der Waals surface area contributed by atoms with Crippen LogP contribution in [-0.2, 0) is 19.3 Å². The van der Waals surface area contributed by atoms with Gasteiger partial charge in [0.05, 0.1) is 22.4 Å². The highest BCUT2D eigenvalue weighted by Gasteiger charge is 2.73. The summed E-state index contributed by atoms with van der Waals surface area (Å²) in [4.78, 5) is 36.6. The fourth-order valence-electron chi connectivity index (χ4n) is 5.65. The molecule has 6 nitrogen and oxygen atoms in total. The van der Waals surface area contributed by atoms with Crippen LogP contribution in [0, 0.1) is 22.0 Å². The van der Waals surface area contributed by atoms with Gasteiger partial charge in [-0.05, 0) is 34.4 Å². The molecular formula is C24H14Cl2N2O4. The summed E-state index contributed by atoms with van der Waals surface area (Å²) in [5, 5.41) is 11.0. The third kappa shape index (κ3) is 2.07.